The number of nitrogens with zero attached hydrogens (tertiary/aromatic N) is 1. The van der Waals surface area contributed by atoms with Crippen LogP contribution >= 0.6 is 0 Å². The van der Waals surface area contributed by atoms with Crippen LogP contribution in [0.4, 0.5) is 0 Å². The van der Waals surface area contributed by atoms with E-state index in [2.05, 4.69) is 36.4 Å². The van der Waals surface area contributed by atoms with Crippen molar-refractivity contribution in [3.63, 3.8) is 0 Å². The molecular formula is C34H27NO3. The van der Waals surface area contributed by atoms with Gasteiger partial charge in [-0.25, -0.2) is 4.79 Å². The highest BCUT2D eigenvalue weighted by molar-refractivity contribution is 6.10. The number of rotatable bonds is 8. The molecule has 1 aromatic heterocycles. The molecular weight excluding hydrogens is 470 g/mol. The number of aromatic nitrogens is 1. The molecule has 4 nitrogen and oxygen atoms in total. The number of aryl methyl sites for hydroxylation is 1. The number of para-hydroxylation sites is 1. The predicted molar refractivity (Wildman–Crippen MR) is 154 cm³/mol. The molecule has 0 unspecified atom stereocenters. The maximum atomic E-state index is 12.8. The summed E-state index contributed by atoms with van der Waals surface area (Å²) in [7, 11) is 0. The Morgan fingerprint density at radius 2 is 1.34 bits per heavy atom. The standard InChI is InChI=1S/C34H27NO3/c36-34(37)33-32(28-18-7-6-16-26(28)24-12-2-1-3-13-24)29-19-8-9-20-30(29)35(33)22-11-23-38-31-21-10-15-25-14-4-5-17-27(25)31/h1-10,12-21H,11,22-23H2,(H,36,37). The maximum Gasteiger partial charge on any atom is 0.353 e. The first-order valence-corrected chi connectivity index (χ1v) is 12.8. The average Bonchev–Trinajstić information content (AvgIpc) is 3.30. The first-order valence-electron chi connectivity index (χ1n) is 12.8. The second-order valence-electron chi connectivity index (χ2n) is 9.29. The quantitative estimate of drug-likeness (QED) is 0.215. The molecule has 1 N–H and O–H groups in total. The molecule has 38 heavy (non-hydrogen) atoms. The molecule has 6 rings (SSSR count). The molecule has 186 valence electrons. The zero-order chi connectivity index (χ0) is 25.9. The van der Waals surface area contributed by atoms with Crippen LogP contribution in [-0.2, 0) is 6.54 Å². The molecule has 4 heteroatoms. The Balaban J connectivity index is 1.37. The molecule has 6 aromatic rings. The van der Waals surface area contributed by atoms with E-state index in [1.807, 2.05) is 89.5 Å². The number of benzene rings is 5. The van der Waals surface area contributed by atoms with Gasteiger partial charge in [-0.3, -0.25) is 0 Å². The Kier molecular flexibility index (Phi) is 6.37. The van der Waals surface area contributed by atoms with Gasteiger partial charge in [0.1, 0.15) is 11.4 Å². The number of carbonyl (C=O) groups is 1. The summed E-state index contributed by atoms with van der Waals surface area (Å²) in [6.45, 7) is 1.01. The van der Waals surface area contributed by atoms with Crippen molar-refractivity contribution in [1.82, 2.24) is 4.57 Å². The second kappa shape index (κ2) is 10.3. The monoisotopic (exact) mass is 497 g/mol. The molecule has 0 aliphatic carbocycles. The van der Waals surface area contributed by atoms with Gasteiger partial charge in [0.2, 0.25) is 0 Å². The number of hydrogen-bond acceptors (Lipinski definition) is 2. The summed E-state index contributed by atoms with van der Waals surface area (Å²) in [4.78, 5) is 12.8. The van der Waals surface area contributed by atoms with Crippen LogP contribution in [0.15, 0.2) is 121 Å². The Bertz CT molecular complexity index is 1750. The van der Waals surface area contributed by atoms with E-state index >= 15 is 0 Å². The van der Waals surface area contributed by atoms with E-state index in [4.69, 9.17) is 4.74 Å². The summed E-state index contributed by atoms with van der Waals surface area (Å²) < 4.78 is 8.09. The highest BCUT2D eigenvalue weighted by Gasteiger charge is 2.25. The SMILES string of the molecule is O=C(O)c1c(-c2ccccc2-c2ccccc2)c2ccccc2n1CCCOc1cccc2ccccc12. The fourth-order valence-electron chi connectivity index (χ4n) is 5.33. The van der Waals surface area contributed by atoms with Crippen molar-refractivity contribution in [3.05, 3.63) is 127 Å². The zero-order valence-corrected chi connectivity index (χ0v) is 20.9. The van der Waals surface area contributed by atoms with Gasteiger partial charge in [0.15, 0.2) is 0 Å². The number of carboxylic acids is 1. The molecule has 0 amide bonds. The zero-order valence-electron chi connectivity index (χ0n) is 20.9. The number of carboxylic acid groups (broad SMARTS) is 1. The number of ether oxygens (including phenoxy) is 1. The third kappa shape index (κ3) is 4.31. The van der Waals surface area contributed by atoms with Gasteiger partial charge in [-0.15, -0.1) is 0 Å². The Labute approximate surface area is 221 Å². The first kappa shape index (κ1) is 23.6. The van der Waals surface area contributed by atoms with Crippen LogP contribution in [0.5, 0.6) is 5.75 Å². The van der Waals surface area contributed by atoms with Gasteiger partial charge < -0.3 is 14.4 Å². The largest absolute Gasteiger partial charge is 0.493 e. The van der Waals surface area contributed by atoms with Crippen molar-refractivity contribution in [2.24, 2.45) is 0 Å². The number of hydrogen-bond donors (Lipinski definition) is 1. The van der Waals surface area contributed by atoms with E-state index in [0.29, 0.717) is 25.3 Å². The van der Waals surface area contributed by atoms with Gasteiger partial charge in [0, 0.05) is 28.4 Å². The molecule has 0 saturated heterocycles. The van der Waals surface area contributed by atoms with Crippen molar-refractivity contribution in [2.75, 3.05) is 6.61 Å². The maximum absolute atomic E-state index is 12.8. The van der Waals surface area contributed by atoms with E-state index in [-0.39, 0.29) is 0 Å². The predicted octanol–water partition coefficient (Wildman–Crippen LogP) is 8.30. The van der Waals surface area contributed by atoms with Crippen LogP contribution in [0, 0.1) is 0 Å². The lowest BCUT2D eigenvalue weighted by atomic mass is 9.93. The summed E-state index contributed by atoms with van der Waals surface area (Å²) in [5.74, 6) is -0.0922. The Morgan fingerprint density at radius 3 is 2.16 bits per heavy atom. The van der Waals surface area contributed by atoms with Crippen LogP contribution in [0.3, 0.4) is 0 Å². The highest BCUT2D eigenvalue weighted by Crippen LogP contribution is 2.40. The molecule has 0 atom stereocenters. The Hall–Kier alpha value is -4.83. The lowest BCUT2D eigenvalue weighted by Gasteiger charge is -2.13. The molecule has 0 aliphatic heterocycles. The number of fused-ring (bicyclic) bond motifs is 2. The van der Waals surface area contributed by atoms with E-state index in [1.165, 1.54) is 0 Å². The summed E-state index contributed by atoms with van der Waals surface area (Å²) in [6, 6.07) is 40.3. The summed E-state index contributed by atoms with van der Waals surface area (Å²) in [5.41, 5.74) is 4.95. The molecule has 0 radical (unpaired) electrons. The van der Waals surface area contributed by atoms with Crippen molar-refractivity contribution >= 4 is 27.6 Å². The van der Waals surface area contributed by atoms with Crippen LogP contribution in [-0.4, -0.2) is 22.2 Å². The minimum absolute atomic E-state index is 0.305. The number of aromatic carboxylic acids is 1. The third-order valence-electron chi connectivity index (χ3n) is 6.99. The van der Waals surface area contributed by atoms with Crippen LogP contribution in [0.2, 0.25) is 0 Å². The normalized spacial score (nSPS) is 11.2. The van der Waals surface area contributed by atoms with Crippen molar-refractivity contribution in [1.29, 1.82) is 0 Å². The van der Waals surface area contributed by atoms with Crippen LogP contribution < -0.4 is 4.74 Å². The van der Waals surface area contributed by atoms with E-state index in [9.17, 15) is 9.90 Å². The van der Waals surface area contributed by atoms with E-state index < -0.39 is 5.97 Å². The van der Waals surface area contributed by atoms with Crippen molar-refractivity contribution in [3.8, 4) is 28.0 Å². The van der Waals surface area contributed by atoms with Crippen LogP contribution in [0.1, 0.15) is 16.9 Å². The Morgan fingerprint density at radius 1 is 0.684 bits per heavy atom. The van der Waals surface area contributed by atoms with Gasteiger partial charge in [0.25, 0.3) is 0 Å². The second-order valence-corrected chi connectivity index (χ2v) is 9.29. The van der Waals surface area contributed by atoms with Gasteiger partial charge in [-0.05, 0) is 40.6 Å². The van der Waals surface area contributed by atoms with Crippen molar-refractivity contribution in [2.45, 2.75) is 13.0 Å². The van der Waals surface area contributed by atoms with Crippen molar-refractivity contribution < 1.29 is 14.6 Å². The minimum Gasteiger partial charge on any atom is -0.493 e. The van der Waals surface area contributed by atoms with Gasteiger partial charge in [-0.1, -0.05) is 109 Å². The summed E-state index contributed by atoms with van der Waals surface area (Å²) in [5, 5.41) is 13.6. The smallest absolute Gasteiger partial charge is 0.353 e. The fourth-order valence-corrected chi connectivity index (χ4v) is 5.33. The molecule has 5 aromatic carbocycles. The fraction of sp³-hybridized carbons (Fsp3) is 0.0882. The summed E-state index contributed by atoms with van der Waals surface area (Å²) >= 11 is 0. The van der Waals surface area contributed by atoms with Crippen LogP contribution in [0.25, 0.3) is 43.9 Å². The molecule has 0 fully saturated rings. The lowest BCUT2D eigenvalue weighted by Crippen LogP contribution is -2.12. The molecule has 0 spiro atoms. The molecule has 0 aliphatic rings. The molecule has 1 heterocycles. The highest BCUT2D eigenvalue weighted by atomic mass is 16.5. The van der Waals surface area contributed by atoms with Gasteiger partial charge in [-0.2, -0.15) is 0 Å². The first-order chi connectivity index (χ1) is 18.7. The van der Waals surface area contributed by atoms with E-state index in [0.717, 1.165) is 49.7 Å². The average molecular weight is 498 g/mol. The summed E-state index contributed by atoms with van der Waals surface area (Å²) in [6.07, 6.45) is 0.669. The lowest BCUT2D eigenvalue weighted by molar-refractivity contribution is 0.0686. The minimum atomic E-state index is -0.936. The molecule has 0 saturated carbocycles. The topological polar surface area (TPSA) is 51.5 Å². The van der Waals surface area contributed by atoms with E-state index in [1.54, 1.807) is 0 Å². The third-order valence-corrected chi connectivity index (χ3v) is 6.99. The van der Waals surface area contributed by atoms with Gasteiger partial charge in [0.05, 0.1) is 6.61 Å². The molecule has 0 bridgehead atoms. The van der Waals surface area contributed by atoms with Gasteiger partial charge >= 0.3 is 5.97 Å².